The van der Waals surface area contributed by atoms with Crippen LogP contribution >= 0.6 is 0 Å². The minimum Gasteiger partial charge on any atom is -0.342 e. The second-order valence-electron chi connectivity index (χ2n) is 7.55. The van der Waals surface area contributed by atoms with Crippen molar-refractivity contribution < 1.29 is 9.32 Å². The Labute approximate surface area is 152 Å². The third kappa shape index (κ3) is 3.22. The van der Waals surface area contributed by atoms with Gasteiger partial charge in [-0.1, -0.05) is 25.4 Å². The Balaban J connectivity index is 1.41. The molecular weight excluding hydrogens is 334 g/mol. The van der Waals surface area contributed by atoms with Crippen LogP contribution in [0.4, 0.5) is 0 Å². The van der Waals surface area contributed by atoms with Gasteiger partial charge in [-0.3, -0.25) is 4.79 Å². The SMILES string of the molecule is CC(C)c1noc(C2CCN(C(=O)C3CCCCn4nnnc43)CC2)n1. The number of rotatable bonds is 3. The van der Waals surface area contributed by atoms with E-state index in [0.717, 1.165) is 44.5 Å². The summed E-state index contributed by atoms with van der Waals surface area (Å²) in [6.07, 6.45) is 4.55. The second kappa shape index (κ2) is 7.13. The summed E-state index contributed by atoms with van der Waals surface area (Å²) in [5, 5.41) is 15.9. The van der Waals surface area contributed by atoms with Crippen LogP contribution in [0.5, 0.6) is 0 Å². The van der Waals surface area contributed by atoms with Crippen LogP contribution in [-0.4, -0.2) is 54.2 Å². The molecular formula is C17H25N7O2. The summed E-state index contributed by atoms with van der Waals surface area (Å²) in [7, 11) is 0. The number of amides is 1. The first-order valence-electron chi connectivity index (χ1n) is 9.52. The minimum atomic E-state index is -0.222. The molecule has 0 N–H and O–H groups in total. The van der Waals surface area contributed by atoms with Crippen LogP contribution in [0.2, 0.25) is 0 Å². The van der Waals surface area contributed by atoms with E-state index >= 15 is 0 Å². The molecule has 1 atom stereocenters. The molecule has 4 heterocycles. The fourth-order valence-corrected chi connectivity index (χ4v) is 3.81. The lowest BCUT2D eigenvalue weighted by Crippen LogP contribution is -2.41. The van der Waals surface area contributed by atoms with E-state index in [1.165, 1.54) is 0 Å². The molecule has 9 heteroatoms. The molecule has 2 aromatic rings. The van der Waals surface area contributed by atoms with Gasteiger partial charge in [-0.05, 0) is 36.1 Å². The van der Waals surface area contributed by atoms with Gasteiger partial charge in [0.15, 0.2) is 11.6 Å². The number of aryl methyl sites for hydroxylation is 1. The predicted molar refractivity (Wildman–Crippen MR) is 91.4 cm³/mol. The first kappa shape index (κ1) is 17.1. The van der Waals surface area contributed by atoms with Gasteiger partial charge in [0.2, 0.25) is 11.8 Å². The van der Waals surface area contributed by atoms with E-state index in [1.807, 2.05) is 4.90 Å². The molecule has 1 saturated heterocycles. The Morgan fingerprint density at radius 3 is 2.69 bits per heavy atom. The average Bonchev–Trinajstić information content (AvgIpc) is 3.28. The van der Waals surface area contributed by atoms with Gasteiger partial charge < -0.3 is 9.42 Å². The molecule has 0 spiro atoms. The molecule has 0 aliphatic carbocycles. The molecule has 9 nitrogen and oxygen atoms in total. The summed E-state index contributed by atoms with van der Waals surface area (Å²) in [6, 6.07) is 0. The van der Waals surface area contributed by atoms with Crippen molar-refractivity contribution in [2.24, 2.45) is 0 Å². The maximum Gasteiger partial charge on any atom is 0.233 e. The van der Waals surface area contributed by atoms with Crippen molar-refractivity contribution in [3.8, 4) is 0 Å². The van der Waals surface area contributed by atoms with Crippen LogP contribution < -0.4 is 0 Å². The van der Waals surface area contributed by atoms with Crippen molar-refractivity contribution in [3.63, 3.8) is 0 Å². The third-order valence-electron chi connectivity index (χ3n) is 5.41. The number of tetrazole rings is 1. The summed E-state index contributed by atoms with van der Waals surface area (Å²) in [5.74, 6) is 2.60. The van der Waals surface area contributed by atoms with Crippen LogP contribution in [0.3, 0.4) is 0 Å². The van der Waals surface area contributed by atoms with Crippen molar-refractivity contribution in [2.45, 2.75) is 70.3 Å². The molecule has 140 valence electrons. The summed E-state index contributed by atoms with van der Waals surface area (Å²) < 4.78 is 7.22. The van der Waals surface area contributed by atoms with Crippen molar-refractivity contribution >= 4 is 5.91 Å². The Morgan fingerprint density at radius 2 is 1.96 bits per heavy atom. The third-order valence-corrected chi connectivity index (χ3v) is 5.41. The molecule has 0 saturated carbocycles. The maximum atomic E-state index is 13.1. The lowest BCUT2D eigenvalue weighted by atomic mass is 9.94. The summed E-state index contributed by atoms with van der Waals surface area (Å²) in [5.41, 5.74) is 0. The smallest absolute Gasteiger partial charge is 0.233 e. The quantitative estimate of drug-likeness (QED) is 0.824. The molecule has 26 heavy (non-hydrogen) atoms. The van der Waals surface area contributed by atoms with Gasteiger partial charge in [0.05, 0.1) is 5.92 Å². The summed E-state index contributed by atoms with van der Waals surface area (Å²) in [6.45, 7) is 6.32. The van der Waals surface area contributed by atoms with Gasteiger partial charge >= 0.3 is 0 Å². The number of hydrogen-bond acceptors (Lipinski definition) is 7. The molecule has 2 aliphatic rings. The van der Waals surface area contributed by atoms with Gasteiger partial charge in [0.25, 0.3) is 0 Å². The monoisotopic (exact) mass is 359 g/mol. The van der Waals surface area contributed by atoms with E-state index < -0.39 is 0 Å². The molecule has 0 radical (unpaired) electrons. The Kier molecular flexibility index (Phi) is 4.69. The fourth-order valence-electron chi connectivity index (χ4n) is 3.81. The molecule has 1 fully saturated rings. The lowest BCUT2D eigenvalue weighted by molar-refractivity contribution is -0.134. The zero-order chi connectivity index (χ0) is 18.1. The van der Waals surface area contributed by atoms with Crippen molar-refractivity contribution in [3.05, 3.63) is 17.5 Å². The highest BCUT2D eigenvalue weighted by Gasteiger charge is 2.34. The molecule has 1 unspecified atom stereocenters. The number of nitrogens with zero attached hydrogens (tertiary/aromatic N) is 7. The maximum absolute atomic E-state index is 13.1. The highest BCUT2D eigenvalue weighted by molar-refractivity contribution is 5.83. The highest BCUT2D eigenvalue weighted by atomic mass is 16.5. The van der Waals surface area contributed by atoms with E-state index in [-0.39, 0.29) is 23.7 Å². The number of hydrogen-bond donors (Lipinski definition) is 0. The Bertz CT molecular complexity index is 761. The zero-order valence-electron chi connectivity index (χ0n) is 15.3. The van der Waals surface area contributed by atoms with Crippen LogP contribution in [0.1, 0.15) is 81.2 Å². The van der Waals surface area contributed by atoms with E-state index in [0.29, 0.717) is 24.8 Å². The molecule has 0 aromatic carbocycles. The Hall–Kier alpha value is -2.32. The van der Waals surface area contributed by atoms with Crippen molar-refractivity contribution in [2.75, 3.05) is 13.1 Å². The van der Waals surface area contributed by atoms with E-state index in [9.17, 15) is 4.79 Å². The number of fused-ring (bicyclic) bond motifs is 1. The van der Waals surface area contributed by atoms with Crippen LogP contribution in [0.15, 0.2) is 4.52 Å². The molecule has 2 aromatic heterocycles. The van der Waals surface area contributed by atoms with Gasteiger partial charge in [-0.2, -0.15) is 4.98 Å². The van der Waals surface area contributed by atoms with Crippen molar-refractivity contribution in [1.82, 2.24) is 35.2 Å². The summed E-state index contributed by atoms with van der Waals surface area (Å²) >= 11 is 0. The van der Waals surface area contributed by atoms with Gasteiger partial charge in [-0.15, -0.1) is 5.10 Å². The van der Waals surface area contributed by atoms with Gasteiger partial charge in [0.1, 0.15) is 0 Å². The summed E-state index contributed by atoms with van der Waals surface area (Å²) in [4.78, 5) is 19.5. The lowest BCUT2D eigenvalue weighted by Gasteiger charge is -2.32. The topological polar surface area (TPSA) is 103 Å². The number of carbonyl (C=O) groups is 1. The predicted octanol–water partition coefficient (Wildman–Crippen LogP) is 1.85. The molecule has 0 bridgehead atoms. The first-order valence-corrected chi connectivity index (χ1v) is 9.52. The molecule has 1 amide bonds. The van der Waals surface area contributed by atoms with E-state index in [1.54, 1.807) is 4.68 Å². The fraction of sp³-hybridized carbons (Fsp3) is 0.765. The number of aromatic nitrogens is 6. The van der Waals surface area contributed by atoms with Crippen molar-refractivity contribution in [1.29, 1.82) is 0 Å². The van der Waals surface area contributed by atoms with Gasteiger partial charge in [-0.25, -0.2) is 4.68 Å². The second-order valence-corrected chi connectivity index (χ2v) is 7.55. The zero-order valence-corrected chi connectivity index (χ0v) is 15.3. The van der Waals surface area contributed by atoms with Crippen LogP contribution in [0, 0.1) is 0 Å². The standard InChI is InChI=1S/C17H25N7O2/c1-11(2)14-18-16(26-20-14)12-6-9-23(10-7-12)17(25)13-5-3-4-8-24-15(13)19-21-22-24/h11-13H,3-10H2,1-2H3. The van der Waals surface area contributed by atoms with Crippen LogP contribution in [-0.2, 0) is 11.3 Å². The van der Waals surface area contributed by atoms with Crippen LogP contribution in [0.25, 0.3) is 0 Å². The van der Waals surface area contributed by atoms with Gasteiger partial charge in [0, 0.05) is 31.5 Å². The Morgan fingerprint density at radius 1 is 1.15 bits per heavy atom. The average molecular weight is 359 g/mol. The number of piperidine rings is 1. The minimum absolute atomic E-state index is 0.148. The van der Waals surface area contributed by atoms with E-state index in [2.05, 4.69) is 39.5 Å². The normalized spacial score (nSPS) is 21.7. The highest BCUT2D eigenvalue weighted by Crippen LogP contribution is 2.31. The first-order chi connectivity index (χ1) is 12.6. The largest absolute Gasteiger partial charge is 0.342 e. The number of likely N-dealkylation sites (tertiary alicyclic amines) is 1. The molecule has 4 rings (SSSR count). The number of carbonyl (C=O) groups excluding carboxylic acids is 1. The molecule has 2 aliphatic heterocycles. The van der Waals surface area contributed by atoms with E-state index in [4.69, 9.17) is 4.52 Å².